The summed E-state index contributed by atoms with van der Waals surface area (Å²) in [5, 5.41) is 4.67. The van der Waals surface area contributed by atoms with E-state index in [1.807, 2.05) is 30.0 Å². The van der Waals surface area contributed by atoms with Crippen molar-refractivity contribution in [3.63, 3.8) is 0 Å². The number of carbonyl (C=O) groups excluding carboxylic acids is 1. The fourth-order valence-corrected chi connectivity index (χ4v) is 5.50. The monoisotopic (exact) mass is 493 g/mol. The number of nitrogens with zero attached hydrogens (tertiary/aromatic N) is 2. The maximum Gasteiger partial charge on any atom is 0.233 e. The van der Waals surface area contributed by atoms with E-state index in [0.29, 0.717) is 44.5 Å². The summed E-state index contributed by atoms with van der Waals surface area (Å²) in [6.45, 7) is 2.46. The molecule has 0 spiro atoms. The number of rotatable bonds is 3. The molecule has 32 heavy (non-hydrogen) atoms. The summed E-state index contributed by atoms with van der Waals surface area (Å²) in [7, 11) is 3.45. The van der Waals surface area contributed by atoms with Gasteiger partial charge in [-0.3, -0.25) is 4.79 Å². The Hall–Kier alpha value is -2.42. The van der Waals surface area contributed by atoms with Crippen molar-refractivity contribution >= 4 is 46.4 Å². The average molecular weight is 494 g/mol. The molecule has 3 atom stereocenters. The first-order valence-corrected chi connectivity index (χ1v) is 11.2. The molecule has 3 aliphatic heterocycles. The molecule has 3 aliphatic rings. The molecule has 0 radical (unpaired) electrons. The maximum atomic E-state index is 13.4. The van der Waals surface area contributed by atoms with Crippen molar-refractivity contribution in [1.29, 1.82) is 0 Å². The van der Waals surface area contributed by atoms with Gasteiger partial charge in [-0.2, -0.15) is 0 Å². The molecular weight excluding hydrogens is 473 g/mol. The van der Waals surface area contributed by atoms with E-state index in [1.165, 1.54) is 0 Å². The van der Waals surface area contributed by atoms with E-state index in [-0.39, 0.29) is 12.7 Å². The third-order valence-electron chi connectivity index (χ3n) is 6.14. The highest BCUT2D eigenvalue weighted by Crippen LogP contribution is 2.52. The van der Waals surface area contributed by atoms with Crippen molar-refractivity contribution in [2.45, 2.75) is 25.2 Å². The van der Waals surface area contributed by atoms with Crippen LogP contribution in [0.4, 0.5) is 0 Å². The number of carbonyl (C=O) groups is 1. The lowest BCUT2D eigenvalue weighted by Crippen LogP contribution is -2.71. The van der Waals surface area contributed by atoms with Gasteiger partial charge in [0.2, 0.25) is 12.7 Å². The molecule has 3 unspecified atom stereocenters. The van der Waals surface area contributed by atoms with E-state index in [0.717, 1.165) is 5.56 Å². The normalized spacial score (nSPS) is 25.0. The Bertz CT molecular complexity index is 1140. The largest absolute Gasteiger partial charge is 0.465 e. The van der Waals surface area contributed by atoms with Crippen molar-refractivity contribution < 1.29 is 19.0 Å². The number of thiocarbonyl (C=S) groups is 1. The molecule has 2 aromatic carbocycles. The van der Waals surface area contributed by atoms with Gasteiger partial charge in [-0.25, -0.2) is 0 Å². The highest BCUT2D eigenvalue weighted by molar-refractivity contribution is 7.80. The van der Waals surface area contributed by atoms with Gasteiger partial charge in [-0.15, -0.1) is 0 Å². The third kappa shape index (κ3) is 3.24. The second-order valence-corrected chi connectivity index (χ2v) is 9.60. The minimum atomic E-state index is -1.09. The van der Waals surface area contributed by atoms with Crippen LogP contribution in [0.5, 0.6) is 17.2 Å². The second-order valence-electron chi connectivity index (χ2n) is 8.37. The Labute approximate surface area is 201 Å². The van der Waals surface area contributed by atoms with Gasteiger partial charge in [0, 0.05) is 31.2 Å². The van der Waals surface area contributed by atoms with Gasteiger partial charge in [0.15, 0.2) is 22.3 Å². The van der Waals surface area contributed by atoms with Gasteiger partial charge in [-0.05, 0) is 49.0 Å². The first-order valence-electron chi connectivity index (χ1n) is 10.0. The maximum absolute atomic E-state index is 13.4. The first-order chi connectivity index (χ1) is 15.2. The molecule has 10 heteroatoms. The fourth-order valence-electron chi connectivity index (χ4n) is 4.58. The van der Waals surface area contributed by atoms with Gasteiger partial charge >= 0.3 is 0 Å². The Morgan fingerprint density at radius 2 is 2.00 bits per heavy atom. The molecule has 2 aromatic rings. The number of halogens is 2. The van der Waals surface area contributed by atoms with Crippen LogP contribution in [-0.2, 0) is 11.3 Å². The molecule has 0 aromatic heterocycles. The Morgan fingerprint density at radius 3 is 2.75 bits per heavy atom. The van der Waals surface area contributed by atoms with E-state index in [1.54, 1.807) is 31.1 Å². The summed E-state index contributed by atoms with van der Waals surface area (Å²) in [4.78, 5) is 16.8. The lowest BCUT2D eigenvalue weighted by Gasteiger charge is -2.56. The molecule has 5 rings (SSSR count). The molecular formula is C22H21Cl2N3O4S. The molecule has 168 valence electrons. The summed E-state index contributed by atoms with van der Waals surface area (Å²) in [6, 6.07) is 8.68. The minimum Gasteiger partial charge on any atom is -0.465 e. The number of amides is 1. The van der Waals surface area contributed by atoms with E-state index in [2.05, 4.69) is 5.32 Å². The summed E-state index contributed by atoms with van der Waals surface area (Å²) in [5.41, 5.74) is 0.561. The quantitative estimate of drug-likeness (QED) is 0.648. The van der Waals surface area contributed by atoms with E-state index < -0.39 is 17.7 Å². The van der Waals surface area contributed by atoms with Gasteiger partial charge in [0.05, 0.1) is 11.1 Å². The summed E-state index contributed by atoms with van der Waals surface area (Å²) in [6.07, 6.45) is 0. The Kier molecular flexibility index (Phi) is 5.07. The van der Waals surface area contributed by atoms with Crippen molar-refractivity contribution in [1.82, 2.24) is 15.1 Å². The average Bonchev–Trinajstić information content (AvgIpc) is 3.19. The van der Waals surface area contributed by atoms with E-state index in [9.17, 15) is 4.79 Å². The van der Waals surface area contributed by atoms with Crippen LogP contribution in [0.2, 0.25) is 10.0 Å². The number of fused-ring (bicyclic) bond motifs is 5. The smallest absolute Gasteiger partial charge is 0.233 e. The highest BCUT2D eigenvalue weighted by Gasteiger charge is 2.59. The number of ether oxygens (including phenoxy) is 3. The lowest BCUT2D eigenvalue weighted by atomic mass is 9.78. The lowest BCUT2D eigenvalue weighted by molar-refractivity contribution is -0.162. The molecule has 3 heterocycles. The zero-order valence-electron chi connectivity index (χ0n) is 17.6. The molecule has 1 amide bonds. The minimum absolute atomic E-state index is 0.0927. The predicted octanol–water partition coefficient (Wildman–Crippen LogP) is 3.97. The zero-order valence-corrected chi connectivity index (χ0v) is 20.0. The van der Waals surface area contributed by atoms with Crippen LogP contribution in [0.15, 0.2) is 30.3 Å². The van der Waals surface area contributed by atoms with E-state index in [4.69, 9.17) is 49.6 Å². The van der Waals surface area contributed by atoms with Crippen LogP contribution in [0.3, 0.4) is 0 Å². The molecule has 1 saturated heterocycles. The fraction of sp³-hybridized carbons (Fsp3) is 0.364. The van der Waals surface area contributed by atoms with Crippen molar-refractivity contribution in [3.8, 4) is 17.2 Å². The van der Waals surface area contributed by atoms with Gasteiger partial charge in [0.25, 0.3) is 0 Å². The SMILES string of the molecule is CN(C)C(=O)C1C2NC(=S)N(Cc3ccc4c(c3)OCO4)C1(C)Oc1c(Cl)cc(Cl)cc12. The number of hydrogen-bond donors (Lipinski definition) is 1. The van der Waals surface area contributed by atoms with Crippen molar-refractivity contribution in [2.75, 3.05) is 20.9 Å². The molecule has 7 nitrogen and oxygen atoms in total. The molecule has 1 N–H and O–H groups in total. The Morgan fingerprint density at radius 1 is 1.25 bits per heavy atom. The summed E-state index contributed by atoms with van der Waals surface area (Å²) >= 11 is 18.5. The molecule has 0 aliphatic carbocycles. The van der Waals surface area contributed by atoms with Crippen molar-refractivity contribution in [2.24, 2.45) is 5.92 Å². The number of hydrogen-bond acceptors (Lipinski definition) is 5. The standard InChI is InChI=1S/C22H21Cl2N3O4S/c1-22-17(20(28)26(2)3)18(13-7-12(23)8-14(24)19(13)31-22)25-21(32)27(22)9-11-4-5-15-16(6-11)30-10-29-15/h4-8,17-18H,9-10H2,1-3H3,(H,25,32). The van der Waals surface area contributed by atoms with Crippen LogP contribution >= 0.6 is 35.4 Å². The molecule has 1 fully saturated rings. The molecule has 2 bridgehead atoms. The predicted molar refractivity (Wildman–Crippen MR) is 124 cm³/mol. The van der Waals surface area contributed by atoms with Crippen LogP contribution in [0.25, 0.3) is 0 Å². The highest BCUT2D eigenvalue weighted by atomic mass is 35.5. The summed E-state index contributed by atoms with van der Waals surface area (Å²) < 4.78 is 17.4. The van der Waals surface area contributed by atoms with E-state index >= 15 is 0 Å². The van der Waals surface area contributed by atoms with Gasteiger partial charge < -0.3 is 29.3 Å². The van der Waals surface area contributed by atoms with Crippen molar-refractivity contribution in [3.05, 3.63) is 51.5 Å². The Balaban J connectivity index is 1.60. The number of benzene rings is 2. The van der Waals surface area contributed by atoms with Crippen LogP contribution < -0.4 is 19.5 Å². The zero-order chi connectivity index (χ0) is 22.8. The molecule has 0 saturated carbocycles. The van der Waals surface area contributed by atoms with Gasteiger partial charge in [0.1, 0.15) is 11.7 Å². The van der Waals surface area contributed by atoms with Crippen LogP contribution in [0.1, 0.15) is 24.1 Å². The second kappa shape index (κ2) is 7.57. The number of nitrogens with one attached hydrogen (secondary N) is 1. The summed E-state index contributed by atoms with van der Waals surface area (Å²) in [5.74, 6) is 1.18. The van der Waals surface area contributed by atoms with Crippen LogP contribution in [-0.4, -0.2) is 47.4 Å². The van der Waals surface area contributed by atoms with Gasteiger partial charge in [-0.1, -0.05) is 29.3 Å². The van der Waals surface area contributed by atoms with Crippen LogP contribution in [0, 0.1) is 5.92 Å². The topological polar surface area (TPSA) is 63.3 Å². The first kappa shape index (κ1) is 21.4. The third-order valence-corrected chi connectivity index (χ3v) is 6.97.